The fourth-order valence-corrected chi connectivity index (χ4v) is 10.5. The summed E-state index contributed by atoms with van der Waals surface area (Å²) in [6.45, 7) is 8.66. The van der Waals surface area contributed by atoms with Gasteiger partial charge in [0.15, 0.2) is 0 Å². The number of aromatic nitrogens is 8. The Labute approximate surface area is 368 Å². The van der Waals surface area contributed by atoms with Gasteiger partial charge in [0.25, 0.3) is 0 Å². The van der Waals surface area contributed by atoms with Crippen LogP contribution >= 0.6 is 22.7 Å². The minimum Gasteiger partial charge on any atom is -0.458 e. The van der Waals surface area contributed by atoms with E-state index in [0.717, 1.165) is 76.5 Å². The van der Waals surface area contributed by atoms with E-state index in [2.05, 4.69) is 60.3 Å². The van der Waals surface area contributed by atoms with E-state index in [9.17, 15) is 9.59 Å². The quantitative estimate of drug-likeness (QED) is 0.0501. The van der Waals surface area contributed by atoms with Crippen molar-refractivity contribution in [1.82, 2.24) is 40.3 Å². The number of hydrogen-bond acceptors (Lipinski definition) is 17. The molecule has 0 bridgehead atoms. The molecule has 0 saturated heterocycles. The molecule has 0 unspecified atom stereocenters. The van der Waals surface area contributed by atoms with Crippen molar-refractivity contribution >= 4 is 97.8 Å². The van der Waals surface area contributed by atoms with Crippen molar-refractivity contribution in [3.8, 4) is 0 Å². The van der Waals surface area contributed by atoms with Crippen LogP contribution in [0.15, 0.2) is 60.9 Å². The Morgan fingerprint density at radius 3 is 1.90 bits per heavy atom. The van der Waals surface area contributed by atoms with Gasteiger partial charge in [0.05, 0.1) is 22.1 Å². The van der Waals surface area contributed by atoms with Gasteiger partial charge >= 0.3 is 11.9 Å². The lowest BCUT2D eigenvalue weighted by molar-refractivity contribution is -0.135. The first-order valence-electron chi connectivity index (χ1n) is 21.2. The zero-order valence-electron chi connectivity index (χ0n) is 35.0. The van der Waals surface area contributed by atoms with Crippen molar-refractivity contribution < 1.29 is 23.8 Å². The third-order valence-corrected chi connectivity index (χ3v) is 15.2. The molecular formula is C44H48N10O5S2Si. The normalized spacial score (nSPS) is 17.0. The highest BCUT2D eigenvalue weighted by molar-refractivity contribution is 7.15. The number of ether oxygens (including phenoxy) is 3. The largest absolute Gasteiger partial charge is 0.458 e. The van der Waals surface area contributed by atoms with Gasteiger partial charge in [-0.1, -0.05) is 68.0 Å². The van der Waals surface area contributed by atoms with Gasteiger partial charge < -0.3 is 19.5 Å². The molecule has 4 aliphatic rings. The number of pyridine rings is 4. The van der Waals surface area contributed by atoms with E-state index in [1.54, 1.807) is 35.1 Å². The lowest BCUT2D eigenvalue weighted by Gasteiger charge is -2.22. The van der Waals surface area contributed by atoms with Crippen molar-refractivity contribution in [3.63, 3.8) is 0 Å². The lowest BCUT2D eigenvalue weighted by atomic mass is 10.1. The second-order valence-electron chi connectivity index (χ2n) is 17.2. The van der Waals surface area contributed by atoms with Crippen LogP contribution in [0.2, 0.25) is 25.7 Å². The molecule has 2 saturated carbocycles. The van der Waals surface area contributed by atoms with E-state index in [0.29, 0.717) is 31.0 Å². The molecule has 0 amide bonds. The SMILES string of the molecule is C[Si](C)(C)CCOCN(c1ccc2ncc(C3=CC(=O)OC3)cc2n1)c1nnc(C2CCCC2)s1.O=C1C=C(c2cnc3ccc(Nc4nnc(C5CCCC5)s4)nc3c2)CO1. The highest BCUT2D eigenvalue weighted by Crippen LogP contribution is 2.39. The van der Waals surface area contributed by atoms with Gasteiger partial charge in [0, 0.05) is 73.3 Å². The maximum Gasteiger partial charge on any atom is 0.331 e. The molecule has 2 fully saturated rings. The summed E-state index contributed by atoms with van der Waals surface area (Å²) < 4.78 is 16.2. The van der Waals surface area contributed by atoms with E-state index in [4.69, 9.17) is 19.2 Å². The Bertz CT molecular complexity index is 2670. The topological polar surface area (TPSA) is 180 Å². The van der Waals surface area contributed by atoms with Gasteiger partial charge in [-0.15, -0.1) is 20.4 Å². The summed E-state index contributed by atoms with van der Waals surface area (Å²) in [7, 11) is -1.19. The van der Waals surface area contributed by atoms with Crippen LogP contribution in [0.5, 0.6) is 0 Å². The average molecular weight is 889 g/mol. The van der Waals surface area contributed by atoms with Crippen molar-refractivity contribution in [2.24, 2.45) is 0 Å². The standard InChI is InChI=1S/C25H31N5O3SSi.C19H17N5O2S/c1-35(2,3)11-10-32-16-30(25-29-28-24(34-25)17-6-4-5-7-17)22-9-8-20-21(27-22)12-18(14-26-20)19-13-23(31)33-15-19;25-17-8-13(10-26-17)12-7-15-14(20-9-12)5-6-16(21-15)22-19-24-23-18(27-19)11-3-1-2-4-11/h8-9,12-14,17H,4-7,10-11,15-16H2,1-3H3;5-9,11H,1-4,10H2,(H,21,22,24). The summed E-state index contributed by atoms with van der Waals surface area (Å²) in [4.78, 5) is 43.3. The first-order chi connectivity index (χ1) is 30.1. The Balaban J connectivity index is 0.000000163. The predicted molar refractivity (Wildman–Crippen MR) is 244 cm³/mol. The summed E-state index contributed by atoms with van der Waals surface area (Å²) in [6.07, 6.45) is 16.4. The van der Waals surface area contributed by atoms with E-state index in [-0.39, 0.29) is 25.2 Å². The zero-order chi connectivity index (χ0) is 42.6. The van der Waals surface area contributed by atoms with Gasteiger partial charge in [-0.3, -0.25) is 14.9 Å². The molecule has 0 aromatic carbocycles. The van der Waals surface area contributed by atoms with Gasteiger partial charge in [-0.2, -0.15) is 0 Å². The summed E-state index contributed by atoms with van der Waals surface area (Å²) in [5, 5.41) is 24.7. The van der Waals surface area contributed by atoms with Gasteiger partial charge in [-0.05, 0) is 68.1 Å². The molecule has 0 atom stereocenters. The molecule has 2 aliphatic carbocycles. The Kier molecular flexibility index (Phi) is 12.4. The number of esters is 2. The molecule has 0 radical (unpaired) electrons. The summed E-state index contributed by atoms with van der Waals surface area (Å²) in [5.41, 5.74) is 6.38. The van der Waals surface area contributed by atoms with Crippen LogP contribution in [-0.2, 0) is 23.8 Å². The van der Waals surface area contributed by atoms with Crippen LogP contribution in [0.4, 0.5) is 21.9 Å². The van der Waals surface area contributed by atoms with Crippen LogP contribution in [0, 0.1) is 0 Å². The number of carbonyl (C=O) groups is 2. The predicted octanol–water partition coefficient (Wildman–Crippen LogP) is 9.35. The molecule has 18 heteroatoms. The number of anilines is 4. The van der Waals surface area contributed by atoms with Gasteiger partial charge in [-0.25, -0.2) is 19.6 Å². The number of hydrogen-bond donors (Lipinski definition) is 1. The minimum absolute atomic E-state index is 0.261. The first-order valence-corrected chi connectivity index (χ1v) is 26.5. The molecule has 10 rings (SSSR count). The third-order valence-electron chi connectivity index (χ3n) is 11.4. The van der Waals surface area contributed by atoms with Crippen molar-refractivity contribution in [3.05, 3.63) is 82.1 Å². The molecule has 6 aromatic rings. The molecule has 6 aromatic heterocycles. The summed E-state index contributed by atoms with van der Waals surface area (Å²) in [6, 6.07) is 12.7. The fraction of sp³-hybridized carbons (Fsp3) is 0.409. The number of fused-ring (bicyclic) bond motifs is 2. The van der Waals surface area contributed by atoms with E-state index in [1.165, 1.54) is 63.5 Å². The maximum atomic E-state index is 11.5. The number of rotatable bonds is 13. The second-order valence-corrected chi connectivity index (χ2v) is 24.8. The second kappa shape index (κ2) is 18.4. The number of cyclic esters (lactones) is 2. The minimum atomic E-state index is -1.19. The van der Waals surface area contributed by atoms with Crippen molar-refractivity contribution in [1.29, 1.82) is 0 Å². The van der Waals surface area contributed by atoms with Crippen molar-refractivity contribution in [2.45, 2.75) is 88.9 Å². The highest BCUT2D eigenvalue weighted by Gasteiger charge is 2.25. The monoisotopic (exact) mass is 888 g/mol. The Morgan fingerprint density at radius 1 is 0.726 bits per heavy atom. The molecule has 8 heterocycles. The lowest BCUT2D eigenvalue weighted by Crippen LogP contribution is -2.26. The third kappa shape index (κ3) is 10.0. The van der Waals surface area contributed by atoms with Crippen LogP contribution in [0.3, 0.4) is 0 Å². The first kappa shape index (κ1) is 41.8. The molecule has 0 spiro atoms. The number of carbonyl (C=O) groups excluding carboxylic acids is 2. The van der Waals surface area contributed by atoms with Gasteiger partial charge in [0.1, 0.15) is 41.6 Å². The Morgan fingerprint density at radius 2 is 1.31 bits per heavy atom. The van der Waals surface area contributed by atoms with E-state index in [1.807, 2.05) is 41.3 Å². The number of nitrogens with zero attached hydrogens (tertiary/aromatic N) is 9. The maximum absolute atomic E-state index is 11.5. The van der Waals surface area contributed by atoms with Crippen LogP contribution in [0.1, 0.15) is 84.3 Å². The average Bonchev–Trinajstić information content (AvgIpc) is 4.12. The molecule has 1 N–H and O–H groups in total. The smallest absolute Gasteiger partial charge is 0.331 e. The molecule has 62 heavy (non-hydrogen) atoms. The van der Waals surface area contributed by atoms with E-state index >= 15 is 0 Å². The van der Waals surface area contributed by atoms with Crippen LogP contribution < -0.4 is 10.2 Å². The molecular weight excluding hydrogens is 841 g/mol. The zero-order valence-corrected chi connectivity index (χ0v) is 37.6. The number of nitrogens with one attached hydrogen (secondary N) is 1. The molecule has 2 aliphatic heterocycles. The molecule has 15 nitrogen and oxygen atoms in total. The van der Waals surface area contributed by atoms with Crippen LogP contribution in [0.25, 0.3) is 33.2 Å². The molecule has 320 valence electrons. The Hall–Kier alpha value is -5.56. The van der Waals surface area contributed by atoms with Crippen LogP contribution in [-0.4, -0.2) is 86.9 Å². The van der Waals surface area contributed by atoms with Crippen molar-refractivity contribution in [2.75, 3.05) is 36.8 Å². The summed E-state index contributed by atoms with van der Waals surface area (Å²) >= 11 is 3.24. The fourth-order valence-electron chi connectivity index (χ4n) is 7.82. The van der Waals surface area contributed by atoms with Gasteiger partial charge in [0.2, 0.25) is 10.3 Å². The highest BCUT2D eigenvalue weighted by atomic mass is 32.1. The van der Waals surface area contributed by atoms with E-state index < -0.39 is 8.07 Å². The summed E-state index contributed by atoms with van der Waals surface area (Å²) in [5.74, 6) is 1.87.